The molecule has 13 heavy (non-hydrogen) atoms. The van der Waals surface area contributed by atoms with Crippen molar-refractivity contribution in [3.8, 4) is 0 Å². The molecule has 0 aromatic heterocycles. The molecule has 1 aromatic rings. The second-order valence-electron chi connectivity index (χ2n) is 2.83. The molecular weight excluding hydrogens is 205 g/mol. The highest BCUT2D eigenvalue weighted by Gasteiger charge is 2.07. The molecule has 0 saturated heterocycles. The van der Waals surface area contributed by atoms with E-state index >= 15 is 0 Å². The van der Waals surface area contributed by atoms with Crippen molar-refractivity contribution in [2.24, 2.45) is 0 Å². The lowest BCUT2D eigenvalue weighted by Gasteiger charge is -2.16. The minimum atomic E-state index is -0.958. The van der Waals surface area contributed by atoms with Crippen molar-refractivity contribution in [3.63, 3.8) is 0 Å². The van der Waals surface area contributed by atoms with Gasteiger partial charge in [0.25, 0.3) is 0 Å². The summed E-state index contributed by atoms with van der Waals surface area (Å²) in [6, 6.07) is 10.0. The summed E-state index contributed by atoms with van der Waals surface area (Å²) in [7, 11) is 2.86. The average molecular weight is 218 g/mol. The van der Waals surface area contributed by atoms with Crippen molar-refractivity contribution in [1.82, 2.24) is 4.67 Å². The van der Waals surface area contributed by atoms with Crippen LogP contribution in [0.25, 0.3) is 0 Å². The lowest BCUT2D eigenvalue weighted by molar-refractivity contribution is 0.326. The summed E-state index contributed by atoms with van der Waals surface area (Å²) in [6.45, 7) is 0.578. The Labute approximate surface area is 85.1 Å². The molecule has 4 heteroatoms. The molecule has 0 N–H and O–H groups in total. The van der Waals surface area contributed by atoms with Crippen molar-refractivity contribution in [2.45, 2.75) is 6.61 Å². The quantitative estimate of drug-likeness (QED) is 0.718. The lowest BCUT2D eigenvalue weighted by Crippen LogP contribution is -2.02. The molecule has 1 unspecified atom stereocenters. The number of hydrogen-bond acceptors (Lipinski definition) is 2. The first-order valence-electron chi connectivity index (χ1n) is 4.00. The van der Waals surface area contributed by atoms with Gasteiger partial charge in [0, 0.05) is 0 Å². The van der Waals surface area contributed by atoms with Gasteiger partial charge in [-0.05, 0) is 30.9 Å². The Balaban J connectivity index is 2.35. The van der Waals surface area contributed by atoms with Crippen LogP contribution in [-0.2, 0) is 11.1 Å². The topological polar surface area (TPSA) is 12.5 Å². The summed E-state index contributed by atoms with van der Waals surface area (Å²) in [6.07, 6.45) is 0. The SMILES string of the molecule is CN(C)P(Cl)OCc1ccccc1. The highest BCUT2D eigenvalue weighted by atomic mass is 35.7. The van der Waals surface area contributed by atoms with E-state index < -0.39 is 7.65 Å². The fourth-order valence-electron chi connectivity index (χ4n) is 0.818. The summed E-state index contributed by atoms with van der Waals surface area (Å²) in [4.78, 5) is 0. The molecule has 0 heterocycles. The van der Waals surface area contributed by atoms with Gasteiger partial charge in [0.05, 0.1) is 6.61 Å². The van der Waals surface area contributed by atoms with Gasteiger partial charge in [0.1, 0.15) is 0 Å². The summed E-state index contributed by atoms with van der Waals surface area (Å²) in [5, 5.41) is 0. The third kappa shape index (κ3) is 4.06. The molecule has 0 spiro atoms. The molecule has 0 aliphatic carbocycles. The van der Waals surface area contributed by atoms with Crippen molar-refractivity contribution >= 4 is 18.9 Å². The van der Waals surface area contributed by atoms with Gasteiger partial charge in [-0.15, -0.1) is 0 Å². The highest BCUT2D eigenvalue weighted by molar-refractivity contribution is 7.78. The first-order chi connectivity index (χ1) is 6.20. The van der Waals surface area contributed by atoms with Gasteiger partial charge in [0.15, 0.2) is 0 Å². The summed E-state index contributed by atoms with van der Waals surface area (Å²) < 4.78 is 7.32. The Hall–Kier alpha value is -0.140. The minimum Gasteiger partial charge on any atom is -0.327 e. The molecule has 2 nitrogen and oxygen atoms in total. The van der Waals surface area contributed by atoms with Crippen molar-refractivity contribution in [2.75, 3.05) is 14.1 Å². The van der Waals surface area contributed by atoms with E-state index in [0.717, 1.165) is 5.56 Å². The van der Waals surface area contributed by atoms with Crippen LogP contribution in [0.1, 0.15) is 5.56 Å². The fourth-order valence-corrected chi connectivity index (χ4v) is 1.45. The lowest BCUT2D eigenvalue weighted by atomic mass is 10.2. The maximum Gasteiger partial charge on any atom is 0.206 e. The zero-order valence-electron chi connectivity index (χ0n) is 7.77. The number of halogens is 1. The van der Waals surface area contributed by atoms with E-state index in [4.69, 9.17) is 15.8 Å². The minimum absolute atomic E-state index is 0.578. The highest BCUT2D eigenvalue weighted by Crippen LogP contribution is 2.44. The predicted molar refractivity (Wildman–Crippen MR) is 57.7 cm³/mol. The van der Waals surface area contributed by atoms with Crippen LogP contribution in [-0.4, -0.2) is 18.8 Å². The van der Waals surface area contributed by atoms with E-state index in [1.54, 1.807) is 0 Å². The van der Waals surface area contributed by atoms with Gasteiger partial charge in [-0.2, -0.15) is 0 Å². The molecule has 0 aliphatic rings. The Morgan fingerprint density at radius 3 is 2.46 bits per heavy atom. The van der Waals surface area contributed by atoms with Crippen molar-refractivity contribution in [3.05, 3.63) is 35.9 Å². The molecular formula is C9H13ClNOP. The van der Waals surface area contributed by atoms with Crippen LogP contribution in [0.4, 0.5) is 0 Å². The molecule has 72 valence electrons. The zero-order valence-corrected chi connectivity index (χ0v) is 9.42. The fraction of sp³-hybridized carbons (Fsp3) is 0.333. The van der Waals surface area contributed by atoms with Crippen molar-refractivity contribution in [1.29, 1.82) is 0 Å². The van der Waals surface area contributed by atoms with Crippen LogP contribution in [0.15, 0.2) is 30.3 Å². The molecule has 0 amide bonds. The number of rotatable bonds is 4. The van der Waals surface area contributed by atoms with Gasteiger partial charge in [-0.3, -0.25) is 4.67 Å². The van der Waals surface area contributed by atoms with Crippen LogP contribution in [0.2, 0.25) is 0 Å². The van der Waals surface area contributed by atoms with E-state index in [0.29, 0.717) is 6.61 Å². The third-order valence-electron chi connectivity index (χ3n) is 1.50. The molecule has 1 rings (SSSR count). The monoisotopic (exact) mass is 217 g/mol. The Bertz CT molecular complexity index is 243. The molecule has 0 fully saturated rings. The van der Waals surface area contributed by atoms with E-state index in [9.17, 15) is 0 Å². The second kappa shape index (κ2) is 5.56. The first kappa shape index (κ1) is 10.9. The summed E-state index contributed by atoms with van der Waals surface area (Å²) in [5.74, 6) is 0. The van der Waals surface area contributed by atoms with E-state index in [2.05, 4.69) is 0 Å². The smallest absolute Gasteiger partial charge is 0.206 e. The van der Waals surface area contributed by atoms with E-state index in [1.807, 2.05) is 49.1 Å². The Kier molecular flexibility index (Phi) is 4.68. The van der Waals surface area contributed by atoms with Gasteiger partial charge >= 0.3 is 0 Å². The van der Waals surface area contributed by atoms with Gasteiger partial charge in [-0.1, -0.05) is 30.3 Å². The molecule has 0 aliphatic heterocycles. The molecule has 0 radical (unpaired) electrons. The zero-order chi connectivity index (χ0) is 9.68. The summed E-state index contributed by atoms with van der Waals surface area (Å²) >= 11 is 5.93. The maximum atomic E-state index is 5.93. The van der Waals surface area contributed by atoms with Gasteiger partial charge in [-0.25, -0.2) is 0 Å². The van der Waals surface area contributed by atoms with Crippen LogP contribution >= 0.6 is 18.9 Å². The maximum absolute atomic E-state index is 5.93. The first-order valence-corrected chi connectivity index (χ1v) is 6.12. The largest absolute Gasteiger partial charge is 0.327 e. The molecule has 0 saturated carbocycles. The van der Waals surface area contributed by atoms with Gasteiger partial charge in [0.2, 0.25) is 7.65 Å². The van der Waals surface area contributed by atoms with Crippen molar-refractivity contribution < 1.29 is 4.52 Å². The second-order valence-corrected chi connectivity index (χ2v) is 5.21. The standard InChI is InChI=1S/C9H13ClNOP/c1-11(2)13(10)12-8-9-6-4-3-5-7-9/h3-7H,8H2,1-2H3. The Morgan fingerprint density at radius 1 is 1.31 bits per heavy atom. The predicted octanol–water partition coefficient (Wildman–Crippen LogP) is 3.23. The number of benzene rings is 1. The van der Waals surface area contributed by atoms with Crippen LogP contribution in [0, 0.1) is 0 Å². The molecule has 1 atom stereocenters. The van der Waals surface area contributed by atoms with Crippen LogP contribution < -0.4 is 0 Å². The van der Waals surface area contributed by atoms with Crippen LogP contribution in [0.5, 0.6) is 0 Å². The number of nitrogens with zero attached hydrogens (tertiary/aromatic N) is 1. The van der Waals surface area contributed by atoms with E-state index in [1.165, 1.54) is 0 Å². The summed E-state index contributed by atoms with van der Waals surface area (Å²) in [5.41, 5.74) is 1.15. The average Bonchev–Trinajstić information content (AvgIpc) is 2.15. The van der Waals surface area contributed by atoms with Crippen LogP contribution in [0.3, 0.4) is 0 Å². The number of hydrogen-bond donors (Lipinski definition) is 0. The Morgan fingerprint density at radius 2 is 1.92 bits per heavy atom. The molecule has 1 aromatic carbocycles. The van der Waals surface area contributed by atoms with Gasteiger partial charge < -0.3 is 4.52 Å². The third-order valence-corrected chi connectivity index (χ3v) is 3.67. The normalized spacial score (nSPS) is 13.2. The molecule has 0 bridgehead atoms. The van der Waals surface area contributed by atoms with E-state index in [-0.39, 0.29) is 0 Å².